The van der Waals surface area contributed by atoms with E-state index in [4.69, 9.17) is 0 Å². The second-order valence-electron chi connectivity index (χ2n) is 5.41. The van der Waals surface area contributed by atoms with Crippen LogP contribution in [0.2, 0.25) is 0 Å². The van der Waals surface area contributed by atoms with Crippen LogP contribution >= 0.6 is 0 Å². The Morgan fingerprint density at radius 3 is 3.00 bits per heavy atom. The van der Waals surface area contributed by atoms with Gasteiger partial charge in [-0.1, -0.05) is 31.2 Å². The van der Waals surface area contributed by atoms with E-state index in [2.05, 4.69) is 51.9 Å². The van der Waals surface area contributed by atoms with Crippen molar-refractivity contribution >= 4 is 0 Å². The van der Waals surface area contributed by atoms with Crippen LogP contribution in [0.5, 0.6) is 0 Å². The zero-order valence-electron chi connectivity index (χ0n) is 12.1. The molecule has 0 saturated carbocycles. The summed E-state index contributed by atoms with van der Waals surface area (Å²) < 4.78 is 0. The van der Waals surface area contributed by atoms with Crippen LogP contribution in [0.1, 0.15) is 36.2 Å². The molecule has 2 aromatic rings. The summed E-state index contributed by atoms with van der Waals surface area (Å²) in [7, 11) is 1.81. The van der Waals surface area contributed by atoms with Crippen molar-refractivity contribution in [2.24, 2.45) is 7.05 Å². The maximum absolute atomic E-state index is 4.31. The first kappa shape index (κ1) is 13.2. The molecule has 1 N–H and O–H groups in total. The zero-order chi connectivity index (χ0) is 13.9. The summed E-state index contributed by atoms with van der Waals surface area (Å²) in [6.45, 7) is 3.11. The molecular weight excluding hydrogens is 250 g/mol. The van der Waals surface area contributed by atoms with Crippen LogP contribution in [0.4, 0.5) is 0 Å². The lowest BCUT2D eigenvalue weighted by Crippen LogP contribution is -2.36. The van der Waals surface area contributed by atoms with Gasteiger partial charge in [0.05, 0.1) is 7.05 Å². The largest absolute Gasteiger partial charge is 0.313 e. The highest BCUT2D eigenvalue weighted by molar-refractivity contribution is 5.36. The second-order valence-corrected chi connectivity index (χ2v) is 5.41. The number of likely N-dealkylation sites (N-methyl/N-ethyl adjacent to an activating group) is 1. The van der Waals surface area contributed by atoms with Gasteiger partial charge in [-0.3, -0.25) is 0 Å². The Labute approximate surface area is 119 Å². The standard InChI is InChI=1S/C15H21N5/c1-3-16-14(10-15-17-19-20(2)18-15)13-9-8-11-6-4-5-7-12(11)13/h4-7,13-14,16H,3,8-10H2,1-2H3. The zero-order valence-corrected chi connectivity index (χ0v) is 12.1. The Bertz CT molecular complexity index is 577. The van der Waals surface area contributed by atoms with E-state index in [-0.39, 0.29) is 0 Å². The molecule has 2 atom stereocenters. The molecule has 0 spiro atoms. The monoisotopic (exact) mass is 271 g/mol. The summed E-state index contributed by atoms with van der Waals surface area (Å²) in [5.74, 6) is 1.37. The fourth-order valence-electron chi connectivity index (χ4n) is 3.23. The molecule has 0 aliphatic heterocycles. The lowest BCUT2D eigenvalue weighted by atomic mass is 9.91. The molecule has 0 bridgehead atoms. The van der Waals surface area contributed by atoms with Crippen molar-refractivity contribution in [2.75, 3.05) is 6.54 Å². The van der Waals surface area contributed by atoms with Gasteiger partial charge in [-0.05, 0) is 35.7 Å². The molecule has 1 aliphatic carbocycles. The number of tetrazole rings is 1. The van der Waals surface area contributed by atoms with Crippen LogP contribution in [-0.4, -0.2) is 32.8 Å². The summed E-state index contributed by atoms with van der Waals surface area (Å²) in [4.78, 5) is 1.53. The van der Waals surface area contributed by atoms with Gasteiger partial charge in [-0.2, -0.15) is 4.80 Å². The van der Waals surface area contributed by atoms with Crippen LogP contribution in [0.15, 0.2) is 24.3 Å². The molecule has 1 heterocycles. The Hall–Kier alpha value is -1.75. The Kier molecular flexibility index (Phi) is 3.78. The minimum Gasteiger partial charge on any atom is -0.313 e. The number of nitrogens with zero attached hydrogens (tertiary/aromatic N) is 4. The highest BCUT2D eigenvalue weighted by atomic mass is 15.6. The second kappa shape index (κ2) is 5.71. The Morgan fingerprint density at radius 2 is 2.25 bits per heavy atom. The van der Waals surface area contributed by atoms with Gasteiger partial charge in [0.25, 0.3) is 0 Å². The highest BCUT2D eigenvalue weighted by Gasteiger charge is 2.30. The van der Waals surface area contributed by atoms with E-state index in [9.17, 15) is 0 Å². The highest BCUT2D eigenvalue weighted by Crippen LogP contribution is 2.36. The molecule has 1 aromatic carbocycles. The predicted octanol–water partition coefficient (Wildman–Crippen LogP) is 1.46. The lowest BCUT2D eigenvalue weighted by molar-refractivity contribution is 0.427. The fourth-order valence-corrected chi connectivity index (χ4v) is 3.23. The number of fused-ring (bicyclic) bond motifs is 1. The molecule has 0 radical (unpaired) electrons. The molecule has 20 heavy (non-hydrogen) atoms. The smallest absolute Gasteiger partial charge is 0.176 e. The molecule has 0 amide bonds. The first-order chi connectivity index (χ1) is 9.78. The molecular formula is C15H21N5. The number of hydrogen-bond acceptors (Lipinski definition) is 4. The number of benzene rings is 1. The SMILES string of the molecule is CCNC(Cc1nnn(C)n1)C1CCc2ccccc21. The van der Waals surface area contributed by atoms with Crippen LogP contribution in [-0.2, 0) is 19.9 Å². The number of aryl methyl sites for hydroxylation is 2. The first-order valence-corrected chi connectivity index (χ1v) is 7.32. The Balaban J connectivity index is 1.81. The molecule has 0 fully saturated rings. The van der Waals surface area contributed by atoms with E-state index in [0.29, 0.717) is 12.0 Å². The van der Waals surface area contributed by atoms with Crippen molar-refractivity contribution in [3.8, 4) is 0 Å². The van der Waals surface area contributed by atoms with Crippen LogP contribution in [0.3, 0.4) is 0 Å². The minimum absolute atomic E-state index is 0.382. The molecule has 5 heteroatoms. The predicted molar refractivity (Wildman–Crippen MR) is 77.5 cm³/mol. The average Bonchev–Trinajstić information content (AvgIpc) is 3.04. The average molecular weight is 271 g/mol. The van der Waals surface area contributed by atoms with Gasteiger partial charge in [0.2, 0.25) is 0 Å². The van der Waals surface area contributed by atoms with Gasteiger partial charge in [0.15, 0.2) is 5.82 Å². The van der Waals surface area contributed by atoms with E-state index in [1.165, 1.54) is 28.8 Å². The van der Waals surface area contributed by atoms with Gasteiger partial charge in [-0.15, -0.1) is 10.2 Å². The lowest BCUT2D eigenvalue weighted by Gasteiger charge is -2.24. The maximum atomic E-state index is 4.31. The first-order valence-electron chi connectivity index (χ1n) is 7.32. The third-order valence-corrected chi connectivity index (χ3v) is 4.08. The van der Waals surface area contributed by atoms with Gasteiger partial charge < -0.3 is 5.32 Å². The normalized spacial score (nSPS) is 19.0. The summed E-state index contributed by atoms with van der Waals surface area (Å²) in [5, 5.41) is 16.0. The maximum Gasteiger partial charge on any atom is 0.176 e. The van der Waals surface area contributed by atoms with E-state index < -0.39 is 0 Å². The van der Waals surface area contributed by atoms with Crippen molar-refractivity contribution in [3.63, 3.8) is 0 Å². The van der Waals surface area contributed by atoms with Crippen molar-refractivity contribution in [3.05, 3.63) is 41.2 Å². The van der Waals surface area contributed by atoms with Gasteiger partial charge >= 0.3 is 0 Å². The number of rotatable bonds is 5. The molecule has 1 aliphatic rings. The number of hydrogen-bond donors (Lipinski definition) is 1. The topological polar surface area (TPSA) is 55.6 Å². The summed E-state index contributed by atoms with van der Waals surface area (Å²) >= 11 is 0. The van der Waals surface area contributed by atoms with Crippen molar-refractivity contribution in [1.82, 2.24) is 25.5 Å². The molecule has 5 nitrogen and oxygen atoms in total. The Morgan fingerprint density at radius 1 is 1.40 bits per heavy atom. The summed E-state index contributed by atoms with van der Waals surface area (Å²) in [6, 6.07) is 9.17. The molecule has 0 saturated heterocycles. The summed E-state index contributed by atoms with van der Waals surface area (Å²) in [5.41, 5.74) is 2.98. The molecule has 1 aromatic heterocycles. The third kappa shape index (κ3) is 2.58. The molecule has 3 rings (SSSR count). The number of nitrogens with one attached hydrogen (secondary N) is 1. The van der Waals surface area contributed by atoms with E-state index in [1.54, 1.807) is 0 Å². The third-order valence-electron chi connectivity index (χ3n) is 4.08. The van der Waals surface area contributed by atoms with E-state index in [1.807, 2.05) is 7.05 Å². The van der Waals surface area contributed by atoms with Crippen molar-refractivity contribution < 1.29 is 0 Å². The summed E-state index contributed by atoms with van der Waals surface area (Å²) in [6.07, 6.45) is 3.22. The van der Waals surface area contributed by atoms with Crippen molar-refractivity contribution in [1.29, 1.82) is 0 Å². The van der Waals surface area contributed by atoms with Gasteiger partial charge in [0, 0.05) is 18.4 Å². The molecule has 2 unspecified atom stereocenters. The minimum atomic E-state index is 0.382. The van der Waals surface area contributed by atoms with Gasteiger partial charge in [0.1, 0.15) is 0 Å². The van der Waals surface area contributed by atoms with Crippen LogP contribution in [0, 0.1) is 0 Å². The molecule has 106 valence electrons. The van der Waals surface area contributed by atoms with E-state index in [0.717, 1.165) is 18.8 Å². The quantitative estimate of drug-likeness (QED) is 0.894. The van der Waals surface area contributed by atoms with Gasteiger partial charge in [-0.25, -0.2) is 0 Å². The van der Waals surface area contributed by atoms with Crippen LogP contribution < -0.4 is 5.32 Å². The number of aromatic nitrogens is 4. The van der Waals surface area contributed by atoms with Crippen molar-refractivity contribution in [2.45, 2.75) is 38.1 Å². The van der Waals surface area contributed by atoms with Crippen LogP contribution in [0.25, 0.3) is 0 Å². The fraction of sp³-hybridized carbons (Fsp3) is 0.533. The van der Waals surface area contributed by atoms with E-state index >= 15 is 0 Å².